The number of aliphatic hydroxyl groups excluding tert-OH is 2. The summed E-state index contributed by atoms with van der Waals surface area (Å²) in [5.41, 5.74) is -4.75. The van der Waals surface area contributed by atoms with Crippen LogP contribution in [0.4, 0.5) is 0 Å². The van der Waals surface area contributed by atoms with Crippen molar-refractivity contribution in [3.8, 4) is 0 Å². The first kappa shape index (κ1) is 18.2. The van der Waals surface area contributed by atoms with E-state index in [1.54, 1.807) is 20.8 Å². The van der Waals surface area contributed by atoms with E-state index in [4.69, 9.17) is 0 Å². The molecule has 25 heavy (non-hydrogen) atoms. The molecule has 0 amide bonds. The minimum atomic E-state index is -1.54. The molecule has 0 radical (unpaired) electrons. The highest BCUT2D eigenvalue weighted by Gasteiger charge is 2.74. The van der Waals surface area contributed by atoms with Gasteiger partial charge in [-0.1, -0.05) is 13.8 Å². The topological polar surface area (TPSA) is 101 Å². The molecule has 0 aliphatic heterocycles. The maximum atomic E-state index is 11.7. The van der Waals surface area contributed by atoms with Crippen molar-refractivity contribution in [1.82, 2.24) is 0 Å². The number of aliphatic hydroxyl groups is 5. The maximum absolute atomic E-state index is 11.7. The first-order chi connectivity index (χ1) is 11.3. The van der Waals surface area contributed by atoms with Crippen molar-refractivity contribution < 1.29 is 25.5 Å². The van der Waals surface area contributed by atoms with Crippen molar-refractivity contribution >= 4 is 0 Å². The molecule has 4 fully saturated rings. The van der Waals surface area contributed by atoms with Gasteiger partial charge in [-0.25, -0.2) is 0 Å². The molecule has 2 bridgehead atoms. The minimum Gasteiger partial charge on any atom is -0.392 e. The molecule has 0 saturated heterocycles. The Morgan fingerprint density at radius 3 is 2.08 bits per heavy atom. The van der Waals surface area contributed by atoms with Gasteiger partial charge < -0.3 is 25.5 Å². The fourth-order valence-electron chi connectivity index (χ4n) is 7.75. The summed E-state index contributed by atoms with van der Waals surface area (Å²) in [5.74, 6) is -0.468. The minimum absolute atomic E-state index is 0.0833. The number of rotatable bonds is 0. The summed E-state index contributed by atoms with van der Waals surface area (Å²) in [6.07, 6.45) is 1.91. The van der Waals surface area contributed by atoms with E-state index in [0.29, 0.717) is 19.3 Å². The Labute approximate surface area is 150 Å². The highest BCUT2D eigenvalue weighted by molar-refractivity contribution is 5.24. The molecule has 4 aliphatic rings. The van der Waals surface area contributed by atoms with E-state index < -0.39 is 40.3 Å². The Morgan fingerprint density at radius 1 is 0.800 bits per heavy atom. The summed E-state index contributed by atoms with van der Waals surface area (Å²) in [5, 5.41) is 56.0. The molecule has 4 aliphatic carbocycles. The third kappa shape index (κ3) is 1.97. The van der Waals surface area contributed by atoms with Crippen LogP contribution in [0.2, 0.25) is 0 Å². The number of hydrogen-bond acceptors (Lipinski definition) is 5. The molecule has 1 spiro atoms. The predicted molar refractivity (Wildman–Crippen MR) is 92.6 cm³/mol. The lowest BCUT2D eigenvalue weighted by molar-refractivity contribution is -0.200. The molecule has 4 rings (SSSR count). The van der Waals surface area contributed by atoms with Gasteiger partial charge in [-0.15, -0.1) is 0 Å². The lowest BCUT2D eigenvalue weighted by Gasteiger charge is -2.49. The van der Waals surface area contributed by atoms with Crippen LogP contribution < -0.4 is 0 Å². The molecule has 144 valence electrons. The quantitative estimate of drug-likeness (QED) is 0.450. The van der Waals surface area contributed by atoms with Crippen molar-refractivity contribution in [1.29, 1.82) is 0 Å². The normalized spacial score (nSPS) is 63.0. The van der Waals surface area contributed by atoms with E-state index in [2.05, 4.69) is 0 Å². The van der Waals surface area contributed by atoms with Crippen molar-refractivity contribution in [2.24, 2.45) is 28.6 Å². The Balaban J connectivity index is 1.86. The molecule has 0 aromatic rings. The fourth-order valence-corrected chi connectivity index (χ4v) is 7.75. The largest absolute Gasteiger partial charge is 0.392 e. The number of hydrogen-bond donors (Lipinski definition) is 5. The summed E-state index contributed by atoms with van der Waals surface area (Å²) >= 11 is 0. The van der Waals surface area contributed by atoms with Gasteiger partial charge in [-0.05, 0) is 69.6 Å². The van der Waals surface area contributed by atoms with Gasteiger partial charge in [0, 0.05) is 11.3 Å². The molecule has 0 aromatic carbocycles. The van der Waals surface area contributed by atoms with Gasteiger partial charge >= 0.3 is 0 Å². The van der Waals surface area contributed by atoms with Gasteiger partial charge in [0.05, 0.1) is 23.4 Å². The smallest absolute Gasteiger partial charge is 0.104 e. The summed E-state index contributed by atoms with van der Waals surface area (Å²) in [7, 11) is 0. The second-order valence-electron chi connectivity index (χ2n) is 10.7. The molecule has 5 N–H and O–H groups in total. The lowest BCUT2D eigenvalue weighted by atomic mass is 9.59. The van der Waals surface area contributed by atoms with E-state index in [1.165, 1.54) is 0 Å². The van der Waals surface area contributed by atoms with Crippen molar-refractivity contribution in [3.63, 3.8) is 0 Å². The molecule has 0 heterocycles. The average Bonchev–Trinajstić information content (AvgIpc) is 2.77. The van der Waals surface area contributed by atoms with Crippen LogP contribution in [-0.4, -0.2) is 54.5 Å². The van der Waals surface area contributed by atoms with Crippen LogP contribution in [0.3, 0.4) is 0 Å². The van der Waals surface area contributed by atoms with Crippen LogP contribution in [0.15, 0.2) is 0 Å². The van der Waals surface area contributed by atoms with Gasteiger partial charge in [0.25, 0.3) is 0 Å². The summed E-state index contributed by atoms with van der Waals surface area (Å²) < 4.78 is 0. The fraction of sp³-hybridized carbons (Fsp3) is 1.00. The average molecular weight is 354 g/mol. The Kier molecular flexibility index (Phi) is 3.49. The van der Waals surface area contributed by atoms with Crippen LogP contribution in [0.5, 0.6) is 0 Å². The highest BCUT2D eigenvalue weighted by atomic mass is 16.4. The number of fused-ring (bicyclic) bond motifs is 2. The van der Waals surface area contributed by atoms with Gasteiger partial charge in [-0.3, -0.25) is 0 Å². The van der Waals surface area contributed by atoms with Crippen molar-refractivity contribution in [3.05, 3.63) is 0 Å². The SMILES string of the molecule is CC1(C)[C@@H](O)C[C@H]2[C@](C)(O)[C@@H]3CC[C@H]4C[C@@]3(C[C@@H](O)[C@@]21O)C[C@@]4(C)O. The van der Waals surface area contributed by atoms with Gasteiger partial charge in [-0.2, -0.15) is 0 Å². The zero-order chi connectivity index (χ0) is 18.6. The standard InChI is InChI=1S/C20H34O5/c1-16(2)14(21)7-13-18(4,24)12-6-5-11-8-19(12,10-17(11,3)23)9-15(22)20(13,16)25/h11-15,21-25H,5-10H2,1-4H3/t11-,12-,13-,14-,15+,17+,18+,19+,20-/m0/s1. The summed E-state index contributed by atoms with van der Waals surface area (Å²) in [4.78, 5) is 0. The van der Waals surface area contributed by atoms with Crippen molar-refractivity contribution in [2.45, 2.75) is 95.2 Å². The third-order valence-corrected chi connectivity index (χ3v) is 9.16. The van der Waals surface area contributed by atoms with Gasteiger partial charge in [0.1, 0.15) is 5.60 Å². The lowest BCUT2D eigenvalue weighted by Crippen LogP contribution is -2.60. The van der Waals surface area contributed by atoms with Crippen LogP contribution >= 0.6 is 0 Å². The van der Waals surface area contributed by atoms with Crippen LogP contribution in [0.25, 0.3) is 0 Å². The van der Waals surface area contributed by atoms with Gasteiger partial charge in [0.15, 0.2) is 0 Å². The van der Waals surface area contributed by atoms with Crippen LogP contribution in [0.1, 0.15) is 66.2 Å². The molecule has 0 aromatic heterocycles. The Morgan fingerprint density at radius 2 is 1.44 bits per heavy atom. The van der Waals surface area contributed by atoms with E-state index in [-0.39, 0.29) is 17.3 Å². The molecular formula is C20H34O5. The van der Waals surface area contributed by atoms with E-state index in [1.807, 2.05) is 6.92 Å². The van der Waals surface area contributed by atoms with Gasteiger partial charge in [0.2, 0.25) is 0 Å². The van der Waals surface area contributed by atoms with E-state index in [9.17, 15) is 25.5 Å². The Bertz CT molecular complexity index is 585. The summed E-state index contributed by atoms with van der Waals surface area (Å²) in [6, 6.07) is 0. The highest BCUT2D eigenvalue weighted by Crippen LogP contribution is 2.69. The monoisotopic (exact) mass is 354 g/mol. The zero-order valence-electron chi connectivity index (χ0n) is 15.9. The first-order valence-corrected chi connectivity index (χ1v) is 9.82. The first-order valence-electron chi connectivity index (χ1n) is 9.82. The maximum Gasteiger partial charge on any atom is 0.104 e. The van der Waals surface area contributed by atoms with Crippen molar-refractivity contribution in [2.75, 3.05) is 0 Å². The van der Waals surface area contributed by atoms with E-state index >= 15 is 0 Å². The molecule has 0 unspecified atom stereocenters. The third-order valence-electron chi connectivity index (χ3n) is 9.16. The van der Waals surface area contributed by atoms with E-state index in [0.717, 1.165) is 19.3 Å². The molecule has 9 atom stereocenters. The van der Waals surface area contributed by atoms with Crippen LogP contribution in [0, 0.1) is 28.6 Å². The molecular weight excluding hydrogens is 320 g/mol. The predicted octanol–water partition coefficient (Wildman–Crippen LogP) is 1.20. The second kappa shape index (κ2) is 4.79. The molecule has 5 nitrogen and oxygen atoms in total. The Hall–Kier alpha value is -0.200. The second-order valence-corrected chi connectivity index (χ2v) is 10.7. The molecule has 5 heteroatoms. The van der Waals surface area contributed by atoms with Crippen LogP contribution in [-0.2, 0) is 0 Å². The zero-order valence-corrected chi connectivity index (χ0v) is 15.9. The molecule has 4 saturated carbocycles. The summed E-state index contributed by atoms with van der Waals surface area (Å²) in [6.45, 7) is 7.24.